The van der Waals surface area contributed by atoms with E-state index in [2.05, 4.69) is 46.8 Å². The third-order valence-corrected chi connectivity index (χ3v) is 4.76. The lowest BCUT2D eigenvalue weighted by atomic mass is 10.2. The maximum atomic E-state index is 9.87. The fourth-order valence-electron chi connectivity index (χ4n) is 2.36. The van der Waals surface area contributed by atoms with Crippen molar-refractivity contribution in [2.45, 2.75) is 30.5 Å². The number of thioether (sulfide) groups is 1. The van der Waals surface area contributed by atoms with Crippen LogP contribution in [0, 0.1) is 0 Å². The van der Waals surface area contributed by atoms with Gasteiger partial charge in [-0.1, -0.05) is 31.2 Å². The maximum Gasteiger partial charge on any atom is 0.191 e. The molecule has 3 N–H and O–H groups in total. The van der Waals surface area contributed by atoms with Crippen molar-refractivity contribution in [1.82, 2.24) is 10.6 Å². The average Bonchev–Trinajstić information content (AvgIpc) is 2.65. The van der Waals surface area contributed by atoms with Crippen LogP contribution in [-0.4, -0.2) is 36.5 Å². The SMILES string of the molecule is CCNC(=NCc1ccc(OC)c(O)c1)NCC(C)Sc1ccccc1.I. The lowest BCUT2D eigenvalue weighted by Gasteiger charge is -2.16. The Balaban J connectivity index is 0.00000364. The van der Waals surface area contributed by atoms with Crippen LogP contribution in [0.3, 0.4) is 0 Å². The molecule has 2 rings (SSSR count). The van der Waals surface area contributed by atoms with Gasteiger partial charge in [-0.15, -0.1) is 35.7 Å². The number of aromatic hydroxyl groups is 1. The van der Waals surface area contributed by atoms with Crippen LogP contribution in [0.5, 0.6) is 11.5 Å². The number of hydrogen-bond donors (Lipinski definition) is 3. The summed E-state index contributed by atoms with van der Waals surface area (Å²) in [4.78, 5) is 5.85. The Hall–Kier alpha value is -1.61. The summed E-state index contributed by atoms with van der Waals surface area (Å²) in [5.41, 5.74) is 0.923. The summed E-state index contributed by atoms with van der Waals surface area (Å²) in [6, 6.07) is 15.7. The van der Waals surface area contributed by atoms with Gasteiger partial charge in [0.1, 0.15) is 0 Å². The highest BCUT2D eigenvalue weighted by Gasteiger charge is 2.06. The quantitative estimate of drug-likeness (QED) is 0.219. The Labute approximate surface area is 183 Å². The molecule has 5 nitrogen and oxygen atoms in total. The van der Waals surface area contributed by atoms with Crippen molar-refractivity contribution in [2.75, 3.05) is 20.2 Å². The maximum absolute atomic E-state index is 9.87. The second kappa shape index (κ2) is 12.7. The first-order valence-electron chi connectivity index (χ1n) is 8.72. The Morgan fingerprint density at radius 1 is 1.19 bits per heavy atom. The van der Waals surface area contributed by atoms with E-state index in [-0.39, 0.29) is 29.7 Å². The zero-order valence-electron chi connectivity index (χ0n) is 15.9. The van der Waals surface area contributed by atoms with Gasteiger partial charge in [-0.05, 0) is 36.8 Å². The molecule has 7 heteroatoms. The van der Waals surface area contributed by atoms with E-state index in [1.54, 1.807) is 12.1 Å². The van der Waals surface area contributed by atoms with E-state index in [1.807, 2.05) is 30.8 Å². The van der Waals surface area contributed by atoms with Crippen LogP contribution in [0.4, 0.5) is 0 Å². The number of ether oxygens (including phenoxy) is 1. The lowest BCUT2D eigenvalue weighted by Crippen LogP contribution is -2.40. The monoisotopic (exact) mass is 501 g/mol. The van der Waals surface area contributed by atoms with Crippen LogP contribution < -0.4 is 15.4 Å². The highest BCUT2D eigenvalue weighted by atomic mass is 127. The second-order valence-corrected chi connectivity index (χ2v) is 7.34. The molecule has 1 unspecified atom stereocenters. The zero-order valence-corrected chi connectivity index (χ0v) is 19.1. The molecule has 1 atom stereocenters. The molecule has 0 bridgehead atoms. The zero-order chi connectivity index (χ0) is 18.8. The van der Waals surface area contributed by atoms with Gasteiger partial charge in [0, 0.05) is 23.2 Å². The first-order valence-corrected chi connectivity index (χ1v) is 9.60. The molecule has 27 heavy (non-hydrogen) atoms. The van der Waals surface area contributed by atoms with Gasteiger partial charge in [0.05, 0.1) is 13.7 Å². The molecule has 0 heterocycles. The molecule has 0 spiro atoms. The summed E-state index contributed by atoms with van der Waals surface area (Å²) in [7, 11) is 1.54. The number of phenolic OH excluding ortho intramolecular Hbond substituents is 1. The average molecular weight is 501 g/mol. The van der Waals surface area contributed by atoms with Gasteiger partial charge >= 0.3 is 0 Å². The number of methoxy groups -OCH3 is 1. The van der Waals surface area contributed by atoms with Gasteiger partial charge in [-0.2, -0.15) is 0 Å². The highest BCUT2D eigenvalue weighted by molar-refractivity contribution is 14.0. The van der Waals surface area contributed by atoms with E-state index in [4.69, 9.17) is 4.74 Å². The Bertz CT molecular complexity index is 714. The summed E-state index contributed by atoms with van der Waals surface area (Å²) in [6.45, 7) is 6.31. The molecular weight excluding hydrogens is 473 g/mol. The molecule has 0 saturated carbocycles. The van der Waals surface area contributed by atoms with Crippen molar-refractivity contribution in [3.63, 3.8) is 0 Å². The molecule has 0 amide bonds. The second-order valence-electron chi connectivity index (χ2n) is 5.82. The summed E-state index contributed by atoms with van der Waals surface area (Å²) in [5, 5.41) is 16.9. The molecule has 0 aliphatic carbocycles. The predicted molar refractivity (Wildman–Crippen MR) is 125 cm³/mol. The number of benzene rings is 2. The molecule has 0 aliphatic heterocycles. The van der Waals surface area contributed by atoms with Crippen LogP contribution in [0.2, 0.25) is 0 Å². The molecule has 0 fully saturated rings. The van der Waals surface area contributed by atoms with E-state index in [9.17, 15) is 5.11 Å². The highest BCUT2D eigenvalue weighted by Crippen LogP contribution is 2.26. The number of nitrogens with one attached hydrogen (secondary N) is 2. The number of phenols is 1. The lowest BCUT2D eigenvalue weighted by molar-refractivity contribution is 0.373. The largest absolute Gasteiger partial charge is 0.504 e. The summed E-state index contributed by atoms with van der Waals surface area (Å²) < 4.78 is 5.07. The molecule has 148 valence electrons. The number of guanidine groups is 1. The first kappa shape index (κ1) is 23.4. The van der Waals surface area contributed by atoms with E-state index in [0.29, 0.717) is 17.5 Å². The number of hydrogen-bond acceptors (Lipinski definition) is 4. The molecular formula is C20H28IN3O2S. The number of nitrogens with zero attached hydrogens (tertiary/aromatic N) is 1. The molecule has 0 aromatic heterocycles. The first-order chi connectivity index (χ1) is 12.6. The third kappa shape index (κ3) is 8.30. The van der Waals surface area contributed by atoms with Crippen LogP contribution in [0.1, 0.15) is 19.4 Å². The molecule has 0 saturated heterocycles. The normalized spacial score (nSPS) is 12.0. The van der Waals surface area contributed by atoms with Gasteiger partial charge in [0.15, 0.2) is 17.5 Å². The van der Waals surface area contributed by atoms with E-state index in [1.165, 1.54) is 12.0 Å². The Morgan fingerprint density at radius 2 is 1.93 bits per heavy atom. The van der Waals surface area contributed by atoms with Gasteiger partial charge in [0.25, 0.3) is 0 Å². The van der Waals surface area contributed by atoms with E-state index < -0.39 is 0 Å². The van der Waals surface area contributed by atoms with Crippen molar-refractivity contribution in [3.8, 4) is 11.5 Å². The van der Waals surface area contributed by atoms with Gasteiger partial charge in [-0.25, -0.2) is 4.99 Å². The van der Waals surface area contributed by atoms with Crippen molar-refractivity contribution in [1.29, 1.82) is 0 Å². The number of halogens is 1. The fraction of sp³-hybridized carbons (Fsp3) is 0.350. The van der Waals surface area contributed by atoms with Crippen LogP contribution in [0.15, 0.2) is 58.4 Å². The molecule has 0 aliphatic rings. The van der Waals surface area contributed by atoms with Gasteiger partial charge in [0.2, 0.25) is 0 Å². The minimum atomic E-state index is 0. The van der Waals surface area contributed by atoms with E-state index >= 15 is 0 Å². The van der Waals surface area contributed by atoms with Crippen molar-refractivity contribution >= 4 is 41.7 Å². The smallest absolute Gasteiger partial charge is 0.191 e. The van der Waals surface area contributed by atoms with Crippen molar-refractivity contribution in [3.05, 3.63) is 54.1 Å². The standard InChI is InChI=1S/C20H27N3O2S.HI/c1-4-21-20(22-13-15(2)26-17-8-6-5-7-9-17)23-14-16-10-11-19(25-3)18(24)12-16;/h5-12,15,24H,4,13-14H2,1-3H3,(H2,21,22,23);1H. The van der Waals surface area contributed by atoms with Crippen LogP contribution in [0.25, 0.3) is 0 Å². The van der Waals surface area contributed by atoms with Gasteiger partial charge < -0.3 is 20.5 Å². The summed E-state index contributed by atoms with van der Waals surface area (Å²) >= 11 is 1.83. The third-order valence-electron chi connectivity index (χ3n) is 3.64. The molecule has 2 aromatic rings. The topological polar surface area (TPSA) is 65.9 Å². The van der Waals surface area contributed by atoms with Crippen molar-refractivity contribution < 1.29 is 9.84 Å². The minimum absolute atomic E-state index is 0. The van der Waals surface area contributed by atoms with Crippen LogP contribution >= 0.6 is 35.7 Å². The fourth-order valence-corrected chi connectivity index (χ4v) is 3.31. The molecule has 2 aromatic carbocycles. The van der Waals surface area contributed by atoms with Crippen molar-refractivity contribution in [2.24, 2.45) is 4.99 Å². The Morgan fingerprint density at radius 3 is 2.56 bits per heavy atom. The number of rotatable bonds is 8. The Kier molecular flexibility index (Phi) is 11.0. The number of aliphatic imine (C=N–C) groups is 1. The summed E-state index contributed by atoms with van der Waals surface area (Å²) in [5.74, 6) is 1.36. The minimum Gasteiger partial charge on any atom is -0.504 e. The summed E-state index contributed by atoms with van der Waals surface area (Å²) in [6.07, 6.45) is 0. The van der Waals surface area contributed by atoms with Crippen LogP contribution in [-0.2, 0) is 6.54 Å². The van der Waals surface area contributed by atoms with E-state index in [0.717, 1.165) is 24.6 Å². The molecule has 0 radical (unpaired) electrons. The van der Waals surface area contributed by atoms with Gasteiger partial charge in [-0.3, -0.25) is 0 Å². The predicted octanol–water partition coefficient (Wildman–Crippen LogP) is 4.25.